The standard InChI is InChI=1S/C30H44O6/c1-2-3-5-12-23(31)14-15-24-25-16-21-11-8-13-27(35-19-29(32)33)26(21)17-22(25)18-28(24)36-30(34)20-9-6-4-7-10-20/h8,11,13,20,22-25,28,31H,2-7,9-10,12,14-19H2,1H3,(H,32,33)/t22-,23-,24+,25-,28+/m0/s1. The van der Waals surface area contributed by atoms with Crippen molar-refractivity contribution in [3.63, 3.8) is 0 Å². The van der Waals surface area contributed by atoms with Gasteiger partial charge in [0.1, 0.15) is 11.9 Å². The number of aliphatic hydroxyl groups is 1. The molecule has 0 heterocycles. The first-order valence-electron chi connectivity index (χ1n) is 14.3. The van der Waals surface area contributed by atoms with Gasteiger partial charge in [-0.05, 0) is 86.3 Å². The van der Waals surface area contributed by atoms with Crippen LogP contribution in [0.1, 0.15) is 95.1 Å². The molecule has 0 aliphatic heterocycles. The topological polar surface area (TPSA) is 93.1 Å². The van der Waals surface area contributed by atoms with Crippen LogP contribution in [0.3, 0.4) is 0 Å². The summed E-state index contributed by atoms with van der Waals surface area (Å²) in [7, 11) is 0. The molecule has 36 heavy (non-hydrogen) atoms. The highest BCUT2D eigenvalue weighted by Crippen LogP contribution is 2.49. The minimum absolute atomic E-state index is 0.0187. The van der Waals surface area contributed by atoms with Crippen molar-refractivity contribution in [3.8, 4) is 5.75 Å². The SMILES string of the molecule is CCCCC[C@H](O)CC[C@@H]1[C@H]2Cc3cccc(OCC(=O)O)c3C[C@H]2C[C@H]1OC(=O)C1CCCCC1. The van der Waals surface area contributed by atoms with Crippen LogP contribution in [0, 0.1) is 23.7 Å². The lowest BCUT2D eigenvalue weighted by atomic mass is 9.73. The van der Waals surface area contributed by atoms with Crippen LogP contribution >= 0.6 is 0 Å². The molecule has 0 unspecified atom stereocenters. The molecule has 0 bridgehead atoms. The monoisotopic (exact) mass is 500 g/mol. The zero-order chi connectivity index (χ0) is 25.5. The summed E-state index contributed by atoms with van der Waals surface area (Å²) < 4.78 is 11.9. The van der Waals surface area contributed by atoms with E-state index < -0.39 is 5.97 Å². The second-order valence-corrected chi connectivity index (χ2v) is 11.3. The minimum Gasteiger partial charge on any atom is -0.482 e. The molecule has 0 spiro atoms. The molecule has 3 aliphatic rings. The molecule has 1 aromatic rings. The Morgan fingerprint density at radius 1 is 1.08 bits per heavy atom. The van der Waals surface area contributed by atoms with Crippen molar-refractivity contribution in [2.45, 2.75) is 109 Å². The number of carboxylic acids is 1. The summed E-state index contributed by atoms with van der Waals surface area (Å²) in [6, 6.07) is 5.93. The summed E-state index contributed by atoms with van der Waals surface area (Å²) >= 11 is 0. The second kappa shape index (κ2) is 12.9. The lowest BCUT2D eigenvalue weighted by molar-refractivity contribution is -0.157. The fourth-order valence-corrected chi connectivity index (χ4v) is 6.93. The van der Waals surface area contributed by atoms with Gasteiger partial charge in [0, 0.05) is 0 Å². The number of unbranched alkanes of at least 4 members (excludes halogenated alkanes) is 2. The Morgan fingerprint density at radius 2 is 1.89 bits per heavy atom. The predicted molar refractivity (Wildman–Crippen MR) is 138 cm³/mol. The molecular weight excluding hydrogens is 456 g/mol. The maximum atomic E-state index is 13.1. The Kier molecular flexibility index (Phi) is 9.69. The average molecular weight is 501 g/mol. The van der Waals surface area contributed by atoms with E-state index in [0.29, 0.717) is 17.6 Å². The van der Waals surface area contributed by atoms with Gasteiger partial charge in [-0.1, -0.05) is 57.6 Å². The molecule has 0 aromatic heterocycles. The molecule has 0 saturated heterocycles. The molecule has 4 rings (SSSR count). The Hall–Kier alpha value is -2.08. The average Bonchev–Trinajstić information content (AvgIpc) is 3.21. The van der Waals surface area contributed by atoms with E-state index >= 15 is 0 Å². The highest BCUT2D eigenvalue weighted by atomic mass is 16.5. The number of carboxylic acid groups (broad SMARTS) is 1. The van der Waals surface area contributed by atoms with E-state index in [4.69, 9.17) is 14.6 Å². The van der Waals surface area contributed by atoms with Crippen LogP contribution in [0.2, 0.25) is 0 Å². The van der Waals surface area contributed by atoms with Crippen molar-refractivity contribution in [1.82, 2.24) is 0 Å². The highest BCUT2D eigenvalue weighted by molar-refractivity contribution is 5.72. The Balaban J connectivity index is 1.47. The number of benzene rings is 1. The van der Waals surface area contributed by atoms with Crippen LogP contribution in [-0.2, 0) is 27.2 Å². The van der Waals surface area contributed by atoms with Gasteiger partial charge in [-0.25, -0.2) is 4.79 Å². The number of esters is 1. The molecule has 6 heteroatoms. The summed E-state index contributed by atoms with van der Waals surface area (Å²) in [6.45, 7) is 1.83. The van der Waals surface area contributed by atoms with Crippen molar-refractivity contribution in [1.29, 1.82) is 0 Å². The molecule has 2 fully saturated rings. The van der Waals surface area contributed by atoms with Crippen molar-refractivity contribution in [2.75, 3.05) is 6.61 Å². The normalized spacial score (nSPS) is 26.6. The number of hydrogen-bond acceptors (Lipinski definition) is 5. The number of ether oxygens (including phenoxy) is 2. The highest BCUT2D eigenvalue weighted by Gasteiger charge is 2.47. The molecule has 2 N–H and O–H groups in total. The third-order valence-electron chi connectivity index (χ3n) is 8.85. The van der Waals surface area contributed by atoms with Crippen molar-refractivity contribution in [2.24, 2.45) is 23.7 Å². The largest absolute Gasteiger partial charge is 0.482 e. The van der Waals surface area contributed by atoms with Gasteiger partial charge < -0.3 is 19.7 Å². The molecule has 0 amide bonds. The van der Waals surface area contributed by atoms with Crippen LogP contribution in [-0.4, -0.2) is 41.0 Å². The van der Waals surface area contributed by atoms with E-state index in [2.05, 4.69) is 13.0 Å². The maximum Gasteiger partial charge on any atom is 0.341 e. The number of fused-ring (bicyclic) bond motifs is 2. The van der Waals surface area contributed by atoms with Crippen molar-refractivity contribution >= 4 is 11.9 Å². The maximum absolute atomic E-state index is 13.1. The Bertz CT molecular complexity index is 876. The van der Waals surface area contributed by atoms with Crippen LogP contribution in [0.5, 0.6) is 5.75 Å². The molecule has 3 aliphatic carbocycles. The summed E-state index contributed by atoms with van der Waals surface area (Å²) in [5.74, 6) is 0.732. The second-order valence-electron chi connectivity index (χ2n) is 11.3. The van der Waals surface area contributed by atoms with Crippen LogP contribution in [0.4, 0.5) is 0 Å². The number of aliphatic carboxylic acids is 1. The fraction of sp³-hybridized carbons (Fsp3) is 0.733. The van der Waals surface area contributed by atoms with E-state index in [9.17, 15) is 14.7 Å². The third-order valence-corrected chi connectivity index (χ3v) is 8.85. The van der Waals surface area contributed by atoms with Gasteiger partial charge in [0.2, 0.25) is 0 Å². The van der Waals surface area contributed by atoms with Gasteiger partial charge in [0.25, 0.3) is 0 Å². The van der Waals surface area contributed by atoms with E-state index in [1.165, 1.54) is 12.0 Å². The van der Waals surface area contributed by atoms with E-state index in [0.717, 1.165) is 89.0 Å². The Morgan fingerprint density at radius 3 is 2.64 bits per heavy atom. The zero-order valence-corrected chi connectivity index (χ0v) is 21.8. The van der Waals surface area contributed by atoms with E-state index in [-0.39, 0.29) is 36.6 Å². The molecule has 0 radical (unpaired) electrons. The first-order chi connectivity index (χ1) is 17.5. The number of hydrogen-bond donors (Lipinski definition) is 2. The first-order valence-corrected chi connectivity index (χ1v) is 14.3. The predicted octanol–water partition coefficient (Wildman–Crippen LogP) is 5.71. The van der Waals surface area contributed by atoms with Crippen LogP contribution < -0.4 is 4.74 Å². The molecule has 200 valence electrons. The van der Waals surface area contributed by atoms with E-state index in [1.54, 1.807) is 0 Å². The summed E-state index contributed by atoms with van der Waals surface area (Å²) in [5, 5.41) is 19.7. The molecule has 2 saturated carbocycles. The molecular formula is C30H44O6. The summed E-state index contributed by atoms with van der Waals surface area (Å²) in [6.07, 6.45) is 13.3. The van der Waals surface area contributed by atoms with Gasteiger partial charge in [-0.3, -0.25) is 4.79 Å². The fourth-order valence-electron chi connectivity index (χ4n) is 6.93. The third kappa shape index (κ3) is 6.81. The number of aliphatic hydroxyl groups excluding tert-OH is 1. The van der Waals surface area contributed by atoms with Gasteiger partial charge in [-0.2, -0.15) is 0 Å². The lowest BCUT2D eigenvalue weighted by Gasteiger charge is -2.33. The first kappa shape index (κ1) is 27.0. The van der Waals surface area contributed by atoms with Crippen molar-refractivity contribution < 1.29 is 29.3 Å². The Labute approximate surface area is 215 Å². The molecule has 1 aromatic carbocycles. The van der Waals surface area contributed by atoms with Crippen LogP contribution in [0.15, 0.2) is 18.2 Å². The smallest absolute Gasteiger partial charge is 0.341 e. The number of carbonyl (C=O) groups is 2. The van der Waals surface area contributed by atoms with Gasteiger partial charge >= 0.3 is 11.9 Å². The van der Waals surface area contributed by atoms with Gasteiger partial charge in [0.05, 0.1) is 12.0 Å². The number of carbonyl (C=O) groups excluding carboxylic acids is 1. The van der Waals surface area contributed by atoms with Gasteiger partial charge in [-0.15, -0.1) is 0 Å². The number of rotatable bonds is 12. The lowest BCUT2D eigenvalue weighted by Crippen LogP contribution is -2.31. The van der Waals surface area contributed by atoms with Crippen molar-refractivity contribution in [3.05, 3.63) is 29.3 Å². The summed E-state index contributed by atoms with van der Waals surface area (Å²) in [4.78, 5) is 24.2. The van der Waals surface area contributed by atoms with E-state index in [1.807, 2.05) is 12.1 Å². The minimum atomic E-state index is -0.977. The van der Waals surface area contributed by atoms with Gasteiger partial charge in [0.15, 0.2) is 6.61 Å². The molecule has 5 atom stereocenters. The summed E-state index contributed by atoms with van der Waals surface area (Å²) in [5.41, 5.74) is 2.32. The zero-order valence-electron chi connectivity index (χ0n) is 21.8. The quantitative estimate of drug-likeness (QED) is 0.282. The van der Waals surface area contributed by atoms with Crippen LogP contribution in [0.25, 0.3) is 0 Å². The molecule has 6 nitrogen and oxygen atoms in total.